The van der Waals surface area contributed by atoms with Crippen LogP contribution in [-0.2, 0) is 6.42 Å². The number of hydrogen-bond acceptors (Lipinski definition) is 6. The largest absolute Gasteiger partial charge is 0.473 e. The van der Waals surface area contributed by atoms with Crippen molar-refractivity contribution in [3.8, 4) is 5.88 Å². The smallest absolute Gasteiger partial charge is 0.372 e. The molecule has 15 heavy (non-hydrogen) atoms. The number of ether oxygens (including phenoxy) is 1. The quantitative estimate of drug-likeness (QED) is 0.588. The maximum Gasteiger partial charge on any atom is 0.372 e. The van der Waals surface area contributed by atoms with E-state index >= 15 is 0 Å². The summed E-state index contributed by atoms with van der Waals surface area (Å²) in [7, 11) is 0. The van der Waals surface area contributed by atoms with Gasteiger partial charge in [0, 0.05) is 6.42 Å². The van der Waals surface area contributed by atoms with Gasteiger partial charge in [0.1, 0.15) is 5.82 Å². The summed E-state index contributed by atoms with van der Waals surface area (Å²) in [6.45, 7) is 3.84. The second-order valence-electron chi connectivity index (χ2n) is 2.72. The summed E-state index contributed by atoms with van der Waals surface area (Å²) >= 11 is 0. The number of aromatic nitrogens is 2. The fourth-order valence-electron chi connectivity index (χ4n) is 1.06. The molecule has 0 aliphatic carbocycles. The predicted molar refractivity (Wildman–Crippen MR) is 53.6 cm³/mol. The van der Waals surface area contributed by atoms with Crippen molar-refractivity contribution in [1.29, 1.82) is 0 Å². The molecule has 0 fully saturated rings. The molecule has 7 heteroatoms. The van der Waals surface area contributed by atoms with Gasteiger partial charge in [0.25, 0.3) is 5.88 Å². The molecule has 0 radical (unpaired) electrons. The van der Waals surface area contributed by atoms with Crippen LogP contribution in [0.5, 0.6) is 5.88 Å². The van der Waals surface area contributed by atoms with Gasteiger partial charge < -0.3 is 10.5 Å². The van der Waals surface area contributed by atoms with E-state index in [2.05, 4.69) is 9.97 Å². The molecule has 1 aromatic heterocycles. The highest BCUT2D eigenvalue weighted by Crippen LogP contribution is 2.29. The zero-order valence-corrected chi connectivity index (χ0v) is 8.56. The van der Waals surface area contributed by atoms with Crippen molar-refractivity contribution >= 4 is 11.5 Å². The van der Waals surface area contributed by atoms with E-state index in [-0.39, 0.29) is 17.4 Å². The molecule has 0 bridgehead atoms. The van der Waals surface area contributed by atoms with Gasteiger partial charge in [0.15, 0.2) is 0 Å². The molecule has 0 spiro atoms. The van der Waals surface area contributed by atoms with Crippen molar-refractivity contribution < 1.29 is 9.66 Å². The van der Waals surface area contributed by atoms with Crippen molar-refractivity contribution in [2.45, 2.75) is 20.3 Å². The molecule has 0 aromatic carbocycles. The van der Waals surface area contributed by atoms with Crippen LogP contribution in [0.25, 0.3) is 0 Å². The monoisotopic (exact) mass is 212 g/mol. The number of nitrogens with two attached hydrogens (primary N) is 1. The number of hydrogen-bond donors (Lipinski definition) is 1. The number of nitrogens with zero attached hydrogens (tertiary/aromatic N) is 3. The zero-order valence-electron chi connectivity index (χ0n) is 8.56. The molecular formula is C8H12N4O3. The summed E-state index contributed by atoms with van der Waals surface area (Å²) in [5, 5.41) is 10.7. The van der Waals surface area contributed by atoms with Crippen molar-refractivity contribution in [2.75, 3.05) is 12.3 Å². The van der Waals surface area contributed by atoms with Gasteiger partial charge in [-0.1, -0.05) is 6.92 Å². The number of anilines is 1. The molecule has 0 atom stereocenters. The zero-order chi connectivity index (χ0) is 11.4. The molecule has 0 aliphatic heterocycles. The first kappa shape index (κ1) is 11.2. The second kappa shape index (κ2) is 4.54. The lowest BCUT2D eigenvalue weighted by Crippen LogP contribution is -2.08. The van der Waals surface area contributed by atoms with E-state index in [0.717, 1.165) is 0 Å². The van der Waals surface area contributed by atoms with Crippen LogP contribution in [0.4, 0.5) is 11.5 Å². The van der Waals surface area contributed by atoms with E-state index in [1.54, 1.807) is 6.92 Å². The lowest BCUT2D eigenvalue weighted by Gasteiger charge is -2.05. The van der Waals surface area contributed by atoms with Gasteiger partial charge in [0.2, 0.25) is 5.82 Å². The van der Waals surface area contributed by atoms with Crippen LogP contribution >= 0.6 is 0 Å². The third kappa shape index (κ3) is 2.30. The molecule has 0 saturated heterocycles. The third-order valence-corrected chi connectivity index (χ3v) is 1.71. The average molecular weight is 212 g/mol. The minimum Gasteiger partial charge on any atom is -0.473 e. The maximum absolute atomic E-state index is 10.7. The molecular weight excluding hydrogens is 200 g/mol. The molecule has 0 amide bonds. The van der Waals surface area contributed by atoms with E-state index in [1.807, 2.05) is 6.92 Å². The summed E-state index contributed by atoms with van der Waals surface area (Å²) in [6, 6.07) is 0. The Morgan fingerprint density at radius 1 is 1.47 bits per heavy atom. The maximum atomic E-state index is 10.7. The molecule has 0 saturated carbocycles. The summed E-state index contributed by atoms with van der Waals surface area (Å²) in [6.07, 6.45) is 0.544. The van der Waals surface area contributed by atoms with Gasteiger partial charge >= 0.3 is 5.69 Å². The molecule has 82 valence electrons. The molecule has 2 N–H and O–H groups in total. The first-order chi connectivity index (χ1) is 7.10. The molecule has 1 aromatic rings. The SMILES string of the molecule is CCOc1nc(CC)nc(N)c1[N+](=O)[O-]. The number of nitrogen functional groups attached to an aromatic ring is 1. The molecule has 7 nitrogen and oxygen atoms in total. The first-order valence-corrected chi connectivity index (χ1v) is 4.53. The molecule has 1 rings (SSSR count). The highest BCUT2D eigenvalue weighted by molar-refractivity contribution is 5.58. The van der Waals surface area contributed by atoms with Crippen LogP contribution in [0.1, 0.15) is 19.7 Å². The number of nitro groups is 1. The molecule has 0 unspecified atom stereocenters. The standard InChI is InChI=1S/C8H12N4O3/c1-3-5-10-7(9)6(12(13)14)8(11-5)15-4-2/h3-4H2,1-2H3,(H2,9,10,11). The van der Waals surface area contributed by atoms with Gasteiger partial charge in [-0.25, -0.2) is 4.98 Å². The van der Waals surface area contributed by atoms with Crippen LogP contribution in [0.2, 0.25) is 0 Å². The van der Waals surface area contributed by atoms with E-state index in [9.17, 15) is 10.1 Å². The van der Waals surface area contributed by atoms with E-state index in [4.69, 9.17) is 10.5 Å². The Labute approximate surface area is 86.4 Å². The van der Waals surface area contributed by atoms with Gasteiger partial charge in [-0.3, -0.25) is 10.1 Å². The highest BCUT2D eigenvalue weighted by Gasteiger charge is 2.23. The van der Waals surface area contributed by atoms with Gasteiger partial charge in [-0.05, 0) is 6.92 Å². The van der Waals surface area contributed by atoms with E-state index in [0.29, 0.717) is 18.9 Å². The Hall–Kier alpha value is -1.92. The topological polar surface area (TPSA) is 104 Å². The summed E-state index contributed by atoms with van der Waals surface area (Å²) in [5.41, 5.74) is 5.09. The minimum absolute atomic E-state index is 0.0631. The average Bonchev–Trinajstić information content (AvgIpc) is 2.16. The van der Waals surface area contributed by atoms with E-state index < -0.39 is 4.92 Å². The minimum atomic E-state index is -0.639. The summed E-state index contributed by atoms with van der Waals surface area (Å²) < 4.78 is 5.05. The number of aryl methyl sites for hydroxylation is 1. The molecule has 0 aliphatic rings. The lowest BCUT2D eigenvalue weighted by atomic mass is 10.4. The Morgan fingerprint density at radius 3 is 2.60 bits per heavy atom. The van der Waals surface area contributed by atoms with Crippen molar-refractivity contribution in [1.82, 2.24) is 9.97 Å². The highest BCUT2D eigenvalue weighted by atomic mass is 16.6. The van der Waals surface area contributed by atoms with Crippen molar-refractivity contribution in [3.05, 3.63) is 15.9 Å². The summed E-state index contributed by atoms with van der Waals surface area (Å²) in [5.74, 6) is 0.212. The number of rotatable bonds is 4. The van der Waals surface area contributed by atoms with E-state index in [1.165, 1.54) is 0 Å². The fraction of sp³-hybridized carbons (Fsp3) is 0.500. The summed E-state index contributed by atoms with van der Waals surface area (Å²) in [4.78, 5) is 17.8. The predicted octanol–water partition coefficient (Wildman–Crippen LogP) is 0.928. The van der Waals surface area contributed by atoms with Gasteiger partial charge in [-0.15, -0.1) is 0 Å². The van der Waals surface area contributed by atoms with Crippen LogP contribution in [0, 0.1) is 10.1 Å². The van der Waals surface area contributed by atoms with Crippen molar-refractivity contribution in [3.63, 3.8) is 0 Å². The second-order valence-corrected chi connectivity index (χ2v) is 2.72. The Kier molecular flexibility index (Phi) is 3.37. The Morgan fingerprint density at radius 2 is 2.13 bits per heavy atom. The van der Waals surface area contributed by atoms with Crippen molar-refractivity contribution in [2.24, 2.45) is 0 Å². The Bertz CT molecular complexity index is 380. The first-order valence-electron chi connectivity index (χ1n) is 4.53. The fourth-order valence-corrected chi connectivity index (χ4v) is 1.06. The van der Waals surface area contributed by atoms with Crippen LogP contribution in [0.15, 0.2) is 0 Å². The van der Waals surface area contributed by atoms with Crippen LogP contribution < -0.4 is 10.5 Å². The van der Waals surface area contributed by atoms with Gasteiger partial charge in [-0.2, -0.15) is 4.98 Å². The Balaban J connectivity index is 3.28. The van der Waals surface area contributed by atoms with Gasteiger partial charge in [0.05, 0.1) is 11.5 Å². The normalized spacial score (nSPS) is 10.0. The van der Waals surface area contributed by atoms with Crippen LogP contribution in [0.3, 0.4) is 0 Å². The third-order valence-electron chi connectivity index (χ3n) is 1.71. The lowest BCUT2D eigenvalue weighted by molar-refractivity contribution is -0.385. The van der Waals surface area contributed by atoms with Crippen LogP contribution in [-0.4, -0.2) is 21.5 Å². The molecule has 1 heterocycles.